The van der Waals surface area contributed by atoms with Crippen molar-refractivity contribution in [3.63, 3.8) is 0 Å². The Morgan fingerprint density at radius 3 is 1.01 bits per heavy atom. The standard InChI is InChI=1S/C23H22Cl2N6O2S.2C23H21Cl2N5/c1-34(32,33)30-12-4-5-16(13-30)28-21-20-23(27-14-26-21)31(17-10-8-15(24)9-11-17)22(29-20)18-6-2-3-7-19(18)25;2*24-15-10-12-17(13-11-15)30-22(18-8-4-5-9-19(18)25)29-20-21(26-14-27-23(20)30)28-16-6-2-1-3-7-16/h2-3,6-11,14,16H,4-5,12-13H2,1H3,(H,26,27,28);2*4-5,8-14,16H,1-3,6-7H2,(H,26,27,28). The minimum atomic E-state index is -3.26. The zero-order valence-corrected chi connectivity index (χ0v) is 56.4. The van der Waals surface area contributed by atoms with Crippen LogP contribution < -0.4 is 16.0 Å². The van der Waals surface area contributed by atoms with E-state index in [1.165, 1.54) is 55.4 Å². The predicted molar refractivity (Wildman–Crippen MR) is 380 cm³/mol. The summed E-state index contributed by atoms with van der Waals surface area (Å²) in [7, 11) is -3.26. The molecule has 1 atom stereocenters. The summed E-state index contributed by atoms with van der Waals surface area (Å²) in [4.78, 5) is 42.0. The van der Waals surface area contributed by atoms with Crippen LogP contribution in [0.2, 0.25) is 30.1 Å². The van der Waals surface area contributed by atoms with Crippen molar-refractivity contribution in [3.8, 4) is 51.2 Å². The highest BCUT2D eigenvalue weighted by atomic mass is 35.5. The topological polar surface area (TPSA) is 204 Å². The lowest BCUT2D eigenvalue weighted by Gasteiger charge is -2.31. The third kappa shape index (κ3) is 14.3. The van der Waals surface area contributed by atoms with Crippen molar-refractivity contribution in [2.45, 2.75) is 95.2 Å². The lowest BCUT2D eigenvalue weighted by molar-refractivity contribution is 0.329. The van der Waals surface area contributed by atoms with Gasteiger partial charge in [-0.2, -0.15) is 0 Å². The molecule has 0 spiro atoms. The lowest BCUT2D eigenvalue weighted by atomic mass is 9.95. The fourth-order valence-corrected chi connectivity index (χ4v) is 14.4. The number of hydrogen-bond donors (Lipinski definition) is 3. The van der Waals surface area contributed by atoms with Gasteiger partial charge in [-0.15, -0.1) is 0 Å². The van der Waals surface area contributed by atoms with E-state index in [0.717, 1.165) is 118 Å². The van der Waals surface area contributed by atoms with Gasteiger partial charge in [-0.05, 0) is 148 Å². The number of aromatic nitrogens is 12. The van der Waals surface area contributed by atoms with E-state index < -0.39 is 10.0 Å². The molecular weight excluding hydrogens is 1330 g/mol. The molecule has 3 fully saturated rings. The minimum Gasteiger partial charge on any atom is -0.365 e. The van der Waals surface area contributed by atoms with Crippen molar-refractivity contribution < 1.29 is 8.42 Å². The molecule has 12 aromatic rings. The number of benzene rings is 6. The highest BCUT2D eigenvalue weighted by Gasteiger charge is 2.29. The fraction of sp³-hybridized carbons (Fsp3) is 0.261. The Morgan fingerprint density at radius 2 is 0.691 bits per heavy atom. The molecule has 94 heavy (non-hydrogen) atoms. The van der Waals surface area contributed by atoms with Crippen molar-refractivity contribution in [3.05, 3.63) is 195 Å². The molecular formula is C69H64Cl6N16O2S. The zero-order chi connectivity index (χ0) is 64.9. The number of sulfonamides is 1. The van der Waals surface area contributed by atoms with Gasteiger partial charge in [0.25, 0.3) is 0 Å². The van der Waals surface area contributed by atoms with E-state index >= 15 is 0 Å². The normalized spacial score (nSPS) is 15.7. The van der Waals surface area contributed by atoms with E-state index in [4.69, 9.17) is 84.6 Å². The van der Waals surface area contributed by atoms with Gasteiger partial charge in [0.05, 0.1) is 21.3 Å². The molecule has 15 rings (SSSR count). The first-order valence-electron chi connectivity index (χ1n) is 31.2. The maximum atomic E-state index is 12.0. The second-order valence-corrected chi connectivity index (χ2v) is 27.9. The van der Waals surface area contributed by atoms with Gasteiger partial charge in [0, 0.05) is 80.0 Å². The minimum absolute atomic E-state index is 0.0916. The van der Waals surface area contributed by atoms with E-state index in [1.807, 2.05) is 147 Å². The molecule has 7 heterocycles. The molecule has 0 amide bonds. The van der Waals surface area contributed by atoms with E-state index in [9.17, 15) is 8.42 Å². The number of halogens is 6. The van der Waals surface area contributed by atoms with Crippen LogP contribution in [0, 0.1) is 0 Å². The largest absolute Gasteiger partial charge is 0.365 e. The second-order valence-electron chi connectivity index (χ2n) is 23.4. The molecule has 1 saturated heterocycles. The quantitative estimate of drug-likeness (QED) is 0.0983. The van der Waals surface area contributed by atoms with Crippen LogP contribution in [0.25, 0.3) is 84.7 Å². The van der Waals surface area contributed by atoms with Gasteiger partial charge in [-0.1, -0.05) is 145 Å². The van der Waals surface area contributed by atoms with Crippen LogP contribution in [-0.2, 0) is 10.0 Å². The summed E-state index contributed by atoms with van der Waals surface area (Å²) in [5, 5.41) is 14.4. The van der Waals surface area contributed by atoms with Crippen molar-refractivity contribution >= 4 is 131 Å². The first-order valence-corrected chi connectivity index (χ1v) is 35.3. The molecule has 1 aliphatic heterocycles. The number of hydrogen-bond acceptors (Lipinski definition) is 14. The van der Waals surface area contributed by atoms with Crippen LogP contribution in [0.4, 0.5) is 17.5 Å². The molecule has 6 aromatic heterocycles. The highest BCUT2D eigenvalue weighted by molar-refractivity contribution is 7.88. The summed E-state index contributed by atoms with van der Waals surface area (Å²) in [6.07, 6.45) is 19.7. The fourth-order valence-electron chi connectivity index (χ4n) is 12.4. The first-order chi connectivity index (χ1) is 45.7. The molecule has 2 saturated carbocycles. The molecule has 0 bridgehead atoms. The number of rotatable bonds is 13. The predicted octanol–water partition coefficient (Wildman–Crippen LogP) is 17.7. The highest BCUT2D eigenvalue weighted by Crippen LogP contribution is 2.39. The van der Waals surface area contributed by atoms with E-state index in [2.05, 4.69) is 45.9 Å². The average Bonchev–Trinajstić information content (AvgIpc) is 1.62. The summed E-state index contributed by atoms with van der Waals surface area (Å²) in [5.41, 5.74) is 9.23. The van der Waals surface area contributed by atoms with Crippen LogP contribution in [0.1, 0.15) is 77.0 Å². The van der Waals surface area contributed by atoms with Crippen LogP contribution in [0.3, 0.4) is 0 Å². The Morgan fingerprint density at radius 1 is 0.383 bits per heavy atom. The molecule has 6 aromatic carbocycles. The van der Waals surface area contributed by atoms with E-state index in [0.29, 0.717) is 78.1 Å². The van der Waals surface area contributed by atoms with Crippen LogP contribution >= 0.6 is 69.6 Å². The summed E-state index contributed by atoms with van der Waals surface area (Å²) in [6, 6.07) is 46.3. The molecule has 0 radical (unpaired) electrons. The Hall–Kier alpha value is -7.98. The number of nitrogens with one attached hydrogen (secondary N) is 3. The zero-order valence-electron chi connectivity index (χ0n) is 51.0. The molecule has 1 unspecified atom stereocenters. The van der Waals surface area contributed by atoms with Crippen LogP contribution in [0.5, 0.6) is 0 Å². The van der Waals surface area contributed by atoms with Gasteiger partial charge in [0.1, 0.15) is 36.5 Å². The third-order valence-corrected chi connectivity index (χ3v) is 20.0. The van der Waals surface area contributed by atoms with E-state index in [1.54, 1.807) is 24.8 Å². The Labute approximate surface area is 574 Å². The van der Waals surface area contributed by atoms with Gasteiger partial charge in [0.15, 0.2) is 50.9 Å². The molecule has 18 nitrogen and oxygen atoms in total. The molecule has 25 heteroatoms. The van der Waals surface area contributed by atoms with Gasteiger partial charge in [-0.3, -0.25) is 13.7 Å². The van der Waals surface area contributed by atoms with E-state index in [-0.39, 0.29) is 6.04 Å². The van der Waals surface area contributed by atoms with Gasteiger partial charge >= 0.3 is 0 Å². The van der Waals surface area contributed by atoms with Gasteiger partial charge in [-0.25, -0.2) is 57.6 Å². The Bertz CT molecular complexity index is 4580. The van der Waals surface area contributed by atoms with Crippen LogP contribution in [-0.4, -0.2) is 109 Å². The van der Waals surface area contributed by atoms with Crippen LogP contribution in [0.15, 0.2) is 165 Å². The third-order valence-electron chi connectivity index (χ3n) is 17.0. The van der Waals surface area contributed by atoms with Crippen molar-refractivity contribution in [2.75, 3.05) is 35.3 Å². The Balaban J connectivity index is 0.000000128. The first kappa shape index (κ1) is 64.7. The smallest absolute Gasteiger partial charge is 0.211 e. The average molecular weight is 1390 g/mol. The maximum Gasteiger partial charge on any atom is 0.211 e. The Kier molecular flexibility index (Phi) is 19.9. The molecule has 3 N–H and O–H groups in total. The number of imidazole rings is 3. The number of piperidine rings is 1. The number of fused-ring (bicyclic) bond motifs is 3. The number of nitrogens with zero attached hydrogens (tertiary/aromatic N) is 13. The monoisotopic (exact) mass is 1390 g/mol. The van der Waals surface area contributed by atoms with Gasteiger partial charge < -0.3 is 16.0 Å². The second kappa shape index (κ2) is 28.9. The summed E-state index contributed by atoms with van der Waals surface area (Å²) >= 11 is 38.0. The summed E-state index contributed by atoms with van der Waals surface area (Å²) in [5.74, 6) is 4.16. The van der Waals surface area contributed by atoms with Crippen molar-refractivity contribution in [1.82, 2.24) is 62.9 Å². The summed E-state index contributed by atoms with van der Waals surface area (Å²) in [6.45, 7) is 0.900. The SMILES string of the molecule is CS(=O)(=O)N1CCCC(Nc2ncnc3c2nc(-c2ccccc2Cl)n3-c2ccc(Cl)cc2)C1.Clc1ccc(-n2c(-c3ccccc3Cl)nc3c(NC4CCCCC4)ncnc32)cc1.Clc1ccc(-n2c(-c3ccccc3Cl)nc3c(NC4CCCCC4)ncnc32)cc1. The number of anilines is 3. The maximum absolute atomic E-state index is 12.0. The molecule has 480 valence electrons. The van der Waals surface area contributed by atoms with Crippen molar-refractivity contribution in [2.24, 2.45) is 0 Å². The lowest BCUT2D eigenvalue weighted by Crippen LogP contribution is -2.44. The van der Waals surface area contributed by atoms with Crippen molar-refractivity contribution in [1.29, 1.82) is 0 Å². The molecule has 3 aliphatic rings. The summed E-state index contributed by atoms with van der Waals surface area (Å²) < 4.78 is 31.5. The molecule has 2 aliphatic carbocycles. The van der Waals surface area contributed by atoms with Gasteiger partial charge in [0.2, 0.25) is 10.0 Å².